The van der Waals surface area contributed by atoms with Crippen molar-refractivity contribution in [2.24, 2.45) is 0 Å². The van der Waals surface area contributed by atoms with E-state index in [4.69, 9.17) is 4.74 Å². The Balaban J connectivity index is 2.85. The molecule has 0 spiro atoms. The maximum absolute atomic E-state index is 5.53. The zero-order valence-electron chi connectivity index (χ0n) is 10.2. The molecule has 0 aromatic carbocycles. The Morgan fingerprint density at radius 1 is 0.857 bits per heavy atom. The minimum atomic E-state index is 0.955. The van der Waals surface area contributed by atoms with Crippen LogP contribution in [0.25, 0.3) is 0 Å². The van der Waals surface area contributed by atoms with E-state index in [0.29, 0.717) is 0 Å². The van der Waals surface area contributed by atoms with Gasteiger partial charge in [0.25, 0.3) is 0 Å². The van der Waals surface area contributed by atoms with Crippen LogP contribution in [-0.4, -0.2) is 38.8 Å². The van der Waals surface area contributed by atoms with Crippen molar-refractivity contribution in [3.8, 4) is 0 Å². The minimum absolute atomic E-state index is 0.955. The molecule has 0 aliphatic heterocycles. The van der Waals surface area contributed by atoms with Gasteiger partial charge in [-0.3, -0.25) is 0 Å². The zero-order valence-corrected chi connectivity index (χ0v) is 10.2. The largest absolute Gasteiger partial charge is 0.381 e. The zero-order chi connectivity index (χ0) is 10.6. The van der Waals surface area contributed by atoms with Gasteiger partial charge in [0.05, 0.1) is 0 Å². The Hall–Kier alpha value is -0.0800. The molecule has 0 amide bonds. The lowest BCUT2D eigenvalue weighted by Gasteiger charge is -2.08. The van der Waals surface area contributed by atoms with Crippen LogP contribution in [0.5, 0.6) is 0 Å². The van der Waals surface area contributed by atoms with E-state index in [1.54, 1.807) is 0 Å². The Labute approximate surface area is 89.6 Å². The molecule has 0 aliphatic carbocycles. The van der Waals surface area contributed by atoms with Gasteiger partial charge in [0, 0.05) is 13.2 Å². The maximum Gasteiger partial charge on any atom is 0.0466 e. The SMILES string of the molecule is CCCCCOCCCCCN(C)C. The van der Waals surface area contributed by atoms with Gasteiger partial charge in [-0.05, 0) is 46.3 Å². The van der Waals surface area contributed by atoms with Gasteiger partial charge in [0.15, 0.2) is 0 Å². The van der Waals surface area contributed by atoms with E-state index in [1.807, 2.05) is 0 Å². The molecule has 0 unspecified atom stereocenters. The first kappa shape index (κ1) is 13.9. The van der Waals surface area contributed by atoms with E-state index in [9.17, 15) is 0 Å². The third-order valence-corrected chi connectivity index (χ3v) is 2.29. The lowest BCUT2D eigenvalue weighted by Crippen LogP contribution is -2.12. The van der Waals surface area contributed by atoms with E-state index in [-0.39, 0.29) is 0 Å². The molecule has 86 valence electrons. The normalized spacial score (nSPS) is 11.1. The number of nitrogens with zero attached hydrogens (tertiary/aromatic N) is 1. The standard InChI is InChI=1S/C12H27NO/c1-4-5-8-11-14-12-9-6-7-10-13(2)3/h4-12H2,1-3H3. The molecule has 0 saturated carbocycles. The number of ether oxygens (including phenoxy) is 1. The summed E-state index contributed by atoms with van der Waals surface area (Å²) in [6, 6.07) is 0. The molecule has 14 heavy (non-hydrogen) atoms. The third-order valence-electron chi connectivity index (χ3n) is 2.29. The molecule has 0 aliphatic rings. The molecule has 0 fully saturated rings. The quantitative estimate of drug-likeness (QED) is 0.504. The van der Waals surface area contributed by atoms with E-state index >= 15 is 0 Å². The monoisotopic (exact) mass is 201 g/mol. The van der Waals surface area contributed by atoms with Crippen LogP contribution < -0.4 is 0 Å². The lowest BCUT2D eigenvalue weighted by atomic mass is 10.2. The van der Waals surface area contributed by atoms with E-state index in [1.165, 1.54) is 45.1 Å². The summed E-state index contributed by atoms with van der Waals surface area (Å²) in [7, 11) is 4.25. The average molecular weight is 201 g/mol. The molecule has 0 N–H and O–H groups in total. The van der Waals surface area contributed by atoms with Crippen molar-refractivity contribution in [3.63, 3.8) is 0 Å². The fraction of sp³-hybridized carbons (Fsp3) is 1.00. The van der Waals surface area contributed by atoms with Crippen LogP contribution in [0, 0.1) is 0 Å². The highest BCUT2D eigenvalue weighted by atomic mass is 16.5. The van der Waals surface area contributed by atoms with Gasteiger partial charge in [-0.1, -0.05) is 19.8 Å². The van der Waals surface area contributed by atoms with Crippen LogP contribution in [0.15, 0.2) is 0 Å². The Morgan fingerprint density at radius 2 is 1.50 bits per heavy atom. The number of hydrogen-bond acceptors (Lipinski definition) is 2. The second-order valence-corrected chi connectivity index (χ2v) is 4.18. The van der Waals surface area contributed by atoms with Gasteiger partial charge < -0.3 is 9.64 Å². The third kappa shape index (κ3) is 11.9. The summed E-state index contributed by atoms with van der Waals surface area (Å²) in [5.74, 6) is 0. The highest BCUT2D eigenvalue weighted by Crippen LogP contribution is 1.99. The predicted molar refractivity (Wildman–Crippen MR) is 62.7 cm³/mol. The smallest absolute Gasteiger partial charge is 0.0466 e. The van der Waals surface area contributed by atoms with Gasteiger partial charge >= 0.3 is 0 Å². The summed E-state index contributed by atoms with van der Waals surface area (Å²) < 4.78 is 5.53. The van der Waals surface area contributed by atoms with Crippen LogP contribution in [0.2, 0.25) is 0 Å². The van der Waals surface area contributed by atoms with Crippen molar-refractivity contribution in [1.29, 1.82) is 0 Å². The highest BCUT2D eigenvalue weighted by molar-refractivity contribution is 4.46. The molecular formula is C12H27NO. The number of hydrogen-bond donors (Lipinski definition) is 0. The fourth-order valence-electron chi connectivity index (χ4n) is 1.37. The second-order valence-electron chi connectivity index (χ2n) is 4.18. The molecule has 0 atom stereocenters. The van der Waals surface area contributed by atoms with E-state index in [0.717, 1.165) is 13.2 Å². The molecule has 2 nitrogen and oxygen atoms in total. The first-order valence-electron chi connectivity index (χ1n) is 6.00. The van der Waals surface area contributed by atoms with Crippen molar-refractivity contribution in [3.05, 3.63) is 0 Å². The molecule has 0 bridgehead atoms. The fourth-order valence-corrected chi connectivity index (χ4v) is 1.37. The van der Waals surface area contributed by atoms with Gasteiger partial charge in [0.1, 0.15) is 0 Å². The first-order chi connectivity index (χ1) is 6.77. The van der Waals surface area contributed by atoms with Crippen molar-refractivity contribution in [2.75, 3.05) is 33.9 Å². The molecule has 0 heterocycles. The van der Waals surface area contributed by atoms with Crippen molar-refractivity contribution in [2.45, 2.75) is 45.4 Å². The summed E-state index contributed by atoms with van der Waals surface area (Å²) >= 11 is 0. The van der Waals surface area contributed by atoms with Gasteiger partial charge in [0.2, 0.25) is 0 Å². The molecule has 0 rings (SSSR count). The topological polar surface area (TPSA) is 12.5 Å². The van der Waals surface area contributed by atoms with Gasteiger partial charge in [-0.25, -0.2) is 0 Å². The van der Waals surface area contributed by atoms with Crippen molar-refractivity contribution >= 4 is 0 Å². The number of rotatable bonds is 10. The predicted octanol–water partition coefficient (Wildman–Crippen LogP) is 2.93. The van der Waals surface area contributed by atoms with Crippen LogP contribution in [0.3, 0.4) is 0 Å². The highest BCUT2D eigenvalue weighted by Gasteiger charge is 1.92. The van der Waals surface area contributed by atoms with Crippen LogP contribution >= 0.6 is 0 Å². The molecule has 0 aromatic heterocycles. The van der Waals surface area contributed by atoms with Crippen LogP contribution in [0.4, 0.5) is 0 Å². The minimum Gasteiger partial charge on any atom is -0.381 e. The Kier molecular flexibility index (Phi) is 10.9. The molecule has 0 saturated heterocycles. The molecule has 2 heteroatoms. The van der Waals surface area contributed by atoms with E-state index in [2.05, 4.69) is 25.9 Å². The Bertz CT molecular complexity index is 104. The van der Waals surface area contributed by atoms with Crippen molar-refractivity contribution in [1.82, 2.24) is 4.90 Å². The lowest BCUT2D eigenvalue weighted by molar-refractivity contribution is 0.125. The van der Waals surface area contributed by atoms with Crippen molar-refractivity contribution < 1.29 is 4.74 Å². The van der Waals surface area contributed by atoms with E-state index < -0.39 is 0 Å². The first-order valence-corrected chi connectivity index (χ1v) is 6.00. The Morgan fingerprint density at radius 3 is 2.07 bits per heavy atom. The van der Waals surface area contributed by atoms with Gasteiger partial charge in [-0.2, -0.15) is 0 Å². The summed E-state index contributed by atoms with van der Waals surface area (Å²) in [5, 5.41) is 0. The summed E-state index contributed by atoms with van der Waals surface area (Å²) in [4.78, 5) is 2.24. The second kappa shape index (κ2) is 11.0. The number of unbranched alkanes of at least 4 members (excludes halogenated alkanes) is 4. The van der Waals surface area contributed by atoms with Gasteiger partial charge in [-0.15, -0.1) is 0 Å². The molecular weight excluding hydrogens is 174 g/mol. The maximum atomic E-state index is 5.53. The molecule has 0 radical (unpaired) electrons. The summed E-state index contributed by atoms with van der Waals surface area (Å²) in [6.45, 7) is 5.34. The van der Waals surface area contributed by atoms with Crippen LogP contribution in [0.1, 0.15) is 45.4 Å². The summed E-state index contributed by atoms with van der Waals surface area (Å²) in [5.41, 5.74) is 0. The average Bonchev–Trinajstić information content (AvgIpc) is 2.15. The molecule has 0 aromatic rings. The van der Waals surface area contributed by atoms with Crippen LogP contribution in [-0.2, 0) is 4.74 Å². The summed E-state index contributed by atoms with van der Waals surface area (Å²) in [6.07, 6.45) is 7.64.